The number of benzene rings is 11. The van der Waals surface area contributed by atoms with Crippen molar-refractivity contribution in [1.82, 2.24) is 18.3 Å². The highest BCUT2D eigenvalue weighted by Crippen LogP contribution is 2.46. The Morgan fingerprint density at radius 1 is 0.213 bits per heavy atom. The Morgan fingerprint density at radius 2 is 0.547 bits per heavy atom. The van der Waals surface area contributed by atoms with Crippen LogP contribution in [0.25, 0.3) is 144 Å². The van der Waals surface area contributed by atoms with Crippen molar-refractivity contribution in [3.8, 4) is 56.1 Å². The van der Waals surface area contributed by atoms with Crippen molar-refractivity contribution >= 4 is 87.6 Å². The number of fused-ring (bicyclic) bond motifs is 13. The van der Waals surface area contributed by atoms with Crippen molar-refractivity contribution in [3.63, 3.8) is 0 Å². The molecule has 0 radical (unpaired) electrons. The van der Waals surface area contributed by atoms with Gasteiger partial charge in [-0.05, 0) is 149 Å². The molecule has 16 rings (SSSR count). The molecule has 11 aromatic carbocycles. The summed E-state index contributed by atoms with van der Waals surface area (Å²) in [5, 5.41) is 9.57. The molecule has 5 heterocycles. The van der Waals surface area contributed by atoms with E-state index in [2.05, 4.69) is 273 Å². The summed E-state index contributed by atoms with van der Waals surface area (Å²) in [4.78, 5) is 0. The minimum atomic E-state index is 0.897. The zero-order valence-corrected chi connectivity index (χ0v) is 40.6. The van der Waals surface area contributed by atoms with E-state index in [1.165, 1.54) is 54.5 Å². The van der Waals surface area contributed by atoms with Crippen molar-refractivity contribution < 1.29 is 4.42 Å². The predicted molar refractivity (Wildman–Crippen MR) is 312 cm³/mol. The smallest absolute Gasteiger partial charge is 0.135 e. The highest BCUT2D eigenvalue weighted by atomic mass is 16.3. The van der Waals surface area contributed by atoms with Gasteiger partial charge in [0.2, 0.25) is 0 Å². The van der Waals surface area contributed by atoms with E-state index in [4.69, 9.17) is 4.42 Å². The first-order valence-electron chi connectivity index (χ1n) is 25.7. The van der Waals surface area contributed by atoms with E-state index in [1.807, 2.05) is 12.1 Å². The maximum atomic E-state index is 6.27. The summed E-state index contributed by atoms with van der Waals surface area (Å²) in [6, 6.07) is 97.0. The van der Waals surface area contributed by atoms with Gasteiger partial charge in [0.25, 0.3) is 0 Å². The van der Waals surface area contributed by atoms with Gasteiger partial charge in [-0.3, -0.25) is 18.3 Å². The maximum Gasteiger partial charge on any atom is 0.135 e. The van der Waals surface area contributed by atoms with Crippen LogP contribution in [0.3, 0.4) is 0 Å². The van der Waals surface area contributed by atoms with Gasteiger partial charge >= 0.3 is 0 Å². The zero-order chi connectivity index (χ0) is 49.1. The summed E-state index contributed by atoms with van der Waals surface area (Å²) in [7, 11) is 0. The number of para-hydroxylation sites is 6. The monoisotopic (exact) mass is 956 g/mol. The molecule has 5 nitrogen and oxygen atoms in total. The summed E-state index contributed by atoms with van der Waals surface area (Å²) < 4.78 is 16.0. The molecule has 0 fully saturated rings. The fraction of sp³-hybridized carbons (Fsp3) is 0. The summed E-state index contributed by atoms with van der Waals surface area (Å²) in [5.74, 6) is 0. The van der Waals surface area contributed by atoms with E-state index >= 15 is 0 Å². The Hall–Kier alpha value is -10.1. The van der Waals surface area contributed by atoms with E-state index < -0.39 is 0 Å². The van der Waals surface area contributed by atoms with E-state index in [-0.39, 0.29) is 0 Å². The second kappa shape index (κ2) is 16.2. The Balaban J connectivity index is 0.905. The first-order chi connectivity index (χ1) is 37.2. The molecule has 0 atom stereocenters. The lowest BCUT2D eigenvalue weighted by Crippen LogP contribution is -2.01. The first-order valence-corrected chi connectivity index (χ1v) is 25.7. The van der Waals surface area contributed by atoms with Crippen LogP contribution in [0.1, 0.15) is 0 Å². The molecule has 0 saturated carbocycles. The van der Waals surface area contributed by atoms with Gasteiger partial charge < -0.3 is 4.42 Å². The lowest BCUT2D eigenvalue weighted by Gasteiger charge is -2.13. The van der Waals surface area contributed by atoms with Crippen LogP contribution in [0, 0.1) is 0 Å². The summed E-state index contributed by atoms with van der Waals surface area (Å²) >= 11 is 0. The molecule has 0 aliphatic carbocycles. The topological polar surface area (TPSA) is 32.9 Å². The third kappa shape index (κ3) is 6.25. The summed E-state index contributed by atoms with van der Waals surface area (Å²) in [5.41, 5.74) is 20.2. The molecule has 0 aliphatic rings. The van der Waals surface area contributed by atoms with E-state index in [0.717, 1.165) is 89.3 Å². The SMILES string of the molecule is c1ccc(-n2c3ccccc3c3c4cc(-c5cccc(-c6ccc7c(c6)c6c8cc(-c9ccc%10oc%11ccccc%11c%10c9)ccc8n(-c8ccccc8)c6n7-c6ccccc6)c5)ccc4n(-c4ccccc4)c32)cc1. The molecular weight excluding hydrogens is 913 g/mol. The number of rotatable bonds is 7. The second-order valence-electron chi connectivity index (χ2n) is 19.7. The Bertz CT molecular complexity index is 4920. The normalized spacial score (nSPS) is 12.0. The fourth-order valence-electron chi connectivity index (χ4n) is 12.2. The van der Waals surface area contributed by atoms with Crippen LogP contribution in [0.2, 0.25) is 0 Å². The van der Waals surface area contributed by atoms with Crippen LogP contribution in [-0.4, -0.2) is 18.3 Å². The minimum Gasteiger partial charge on any atom is -0.456 e. The van der Waals surface area contributed by atoms with Crippen LogP contribution in [0.4, 0.5) is 0 Å². The van der Waals surface area contributed by atoms with Crippen molar-refractivity contribution in [2.45, 2.75) is 0 Å². The molecule has 0 amide bonds. The van der Waals surface area contributed by atoms with Gasteiger partial charge in [0.1, 0.15) is 22.5 Å². The Morgan fingerprint density at radius 3 is 1.01 bits per heavy atom. The molecule has 75 heavy (non-hydrogen) atoms. The number of aromatic nitrogens is 4. The molecule has 0 aliphatic heterocycles. The van der Waals surface area contributed by atoms with Crippen molar-refractivity contribution in [3.05, 3.63) is 267 Å². The number of hydrogen-bond acceptors (Lipinski definition) is 1. The van der Waals surface area contributed by atoms with Crippen molar-refractivity contribution in [2.24, 2.45) is 0 Å². The van der Waals surface area contributed by atoms with Crippen LogP contribution in [0.15, 0.2) is 271 Å². The molecule has 5 heteroatoms. The van der Waals surface area contributed by atoms with Crippen LogP contribution >= 0.6 is 0 Å². The standard InChI is InChI=1S/C70H44N4O/c1-5-20-51(21-6-1)71-61-30-15-13-29-56(61)67-58-42-47(32-36-62(58)72(69(67)71)52-22-7-2-8-23-52)45-18-17-19-46(40-45)48-33-37-63-59(43-48)68-60-44-49(50-35-39-66-57(41-50)55-28-14-16-31-65(55)75-66)34-38-64(60)74(54-26-11-4-12-27-54)70(68)73(63)53-24-9-3-10-25-53/h1-44H. The zero-order valence-electron chi connectivity index (χ0n) is 40.6. The molecule has 0 unspecified atom stereocenters. The van der Waals surface area contributed by atoms with Gasteiger partial charge in [-0.2, -0.15) is 0 Å². The average molecular weight is 957 g/mol. The van der Waals surface area contributed by atoms with Gasteiger partial charge in [0.05, 0.1) is 22.1 Å². The molecule has 350 valence electrons. The van der Waals surface area contributed by atoms with Crippen molar-refractivity contribution in [2.75, 3.05) is 0 Å². The van der Waals surface area contributed by atoms with Gasteiger partial charge in [0.15, 0.2) is 0 Å². The lowest BCUT2D eigenvalue weighted by atomic mass is 9.96. The van der Waals surface area contributed by atoms with Gasteiger partial charge in [-0.25, -0.2) is 0 Å². The maximum absolute atomic E-state index is 6.27. The Kier molecular flexibility index (Phi) is 8.97. The molecule has 0 saturated heterocycles. The second-order valence-corrected chi connectivity index (χ2v) is 19.7. The summed E-state index contributed by atoms with van der Waals surface area (Å²) in [6.07, 6.45) is 0. The highest BCUT2D eigenvalue weighted by molar-refractivity contribution is 6.25. The average Bonchev–Trinajstić information content (AvgIpc) is 4.38. The highest BCUT2D eigenvalue weighted by Gasteiger charge is 2.25. The third-order valence-corrected chi connectivity index (χ3v) is 15.5. The number of hydrogen-bond donors (Lipinski definition) is 0. The van der Waals surface area contributed by atoms with Crippen LogP contribution in [-0.2, 0) is 0 Å². The van der Waals surface area contributed by atoms with Crippen LogP contribution in [0.5, 0.6) is 0 Å². The third-order valence-electron chi connectivity index (χ3n) is 15.5. The number of nitrogens with zero attached hydrogens (tertiary/aromatic N) is 4. The predicted octanol–water partition coefficient (Wildman–Crippen LogP) is 18.7. The Labute approximate surface area is 431 Å². The van der Waals surface area contributed by atoms with E-state index in [9.17, 15) is 0 Å². The van der Waals surface area contributed by atoms with E-state index in [0.29, 0.717) is 0 Å². The molecule has 0 spiro atoms. The first kappa shape index (κ1) is 41.5. The molecule has 0 N–H and O–H groups in total. The molecular formula is C70H44N4O. The number of furan rings is 1. The minimum absolute atomic E-state index is 0.897. The quantitative estimate of drug-likeness (QED) is 0.157. The van der Waals surface area contributed by atoms with Gasteiger partial charge in [-0.1, -0.05) is 152 Å². The molecule has 0 bridgehead atoms. The molecule has 5 aromatic heterocycles. The van der Waals surface area contributed by atoms with E-state index in [1.54, 1.807) is 0 Å². The van der Waals surface area contributed by atoms with Crippen molar-refractivity contribution in [1.29, 1.82) is 0 Å². The van der Waals surface area contributed by atoms with Crippen LogP contribution < -0.4 is 0 Å². The van der Waals surface area contributed by atoms with Gasteiger partial charge in [-0.15, -0.1) is 0 Å². The lowest BCUT2D eigenvalue weighted by molar-refractivity contribution is 0.669. The summed E-state index contributed by atoms with van der Waals surface area (Å²) in [6.45, 7) is 0. The molecule has 16 aromatic rings. The van der Waals surface area contributed by atoms with Gasteiger partial charge in [0, 0.05) is 65.8 Å². The fourth-order valence-corrected chi connectivity index (χ4v) is 12.2. The largest absolute Gasteiger partial charge is 0.456 e.